The van der Waals surface area contributed by atoms with E-state index in [2.05, 4.69) is 5.32 Å². The van der Waals surface area contributed by atoms with E-state index in [-0.39, 0.29) is 16.4 Å². The number of carbonyl (C=O) groups is 2. The van der Waals surface area contributed by atoms with Crippen LogP contribution in [0.3, 0.4) is 0 Å². The van der Waals surface area contributed by atoms with E-state index in [0.29, 0.717) is 6.42 Å². The molecule has 15 heavy (non-hydrogen) atoms. The van der Waals surface area contributed by atoms with Crippen LogP contribution in [0.25, 0.3) is 0 Å². The zero-order valence-corrected chi connectivity index (χ0v) is 10.7. The van der Waals surface area contributed by atoms with Crippen LogP contribution in [0.15, 0.2) is 0 Å². The highest BCUT2D eigenvalue weighted by Crippen LogP contribution is 2.47. The molecule has 1 fully saturated rings. The Labute approximate surface area is 95.4 Å². The fraction of sp³-hybridized carbons (Fsp3) is 0.818. The fourth-order valence-electron chi connectivity index (χ4n) is 2.13. The molecule has 0 aromatic heterocycles. The van der Waals surface area contributed by atoms with Crippen LogP contribution >= 0.6 is 11.8 Å². The Morgan fingerprint density at radius 2 is 1.93 bits per heavy atom. The molecule has 0 aromatic rings. The molecule has 1 aliphatic rings. The van der Waals surface area contributed by atoms with Crippen molar-refractivity contribution in [2.24, 2.45) is 0 Å². The average Bonchev–Trinajstić information content (AvgIpc) is 2.36. The summed E-state index contributed by atoms with van der Waals surface area (Å²) in [6.45, 7) is 7.55. The molecule has 0 radical (unpaired) electrons. The standard InChI is InChI=1S/C11H19NO2S/c1-5-11(6-2)9(14)12-10(4,15-11)7-8(3)13/h5-7H2,1-4H3,(H,12,14). The summed E-state index contributed by atoms with van der Waals surface area (Å²) < 4.78 is -0.329. The number of Topliss-reactive ketones (excluding diaryl/α,β-unsaturated/α-hetero) is 1. The van der Waals surface area contributed by atoms with Gasteiger partial charge in [0.25, 0.3) is 0 Å². The van der Waals surface area contributed by atoms with Crippen LogP contribution in [0.1, 0.15) is 47.0 Å². The summed E-state index contributed by atoms with van der Waals surface area (Å²) in [5, 5.41) is 2.96. The molecule has 1 amide bonds. The first-order chi connectivity index (χ1) is 6.87. The molecule has 0 saturated carbocycles. The van der Waals surface area contributed by atoms with Crippen LogP contribution in [0.4, 0.5) is 0 Å². The highest BCUT2D eigenvalue weighted by atomic mass is 32.2. The number of thioether (sulfide) groups is 1. The molecule has 0 spiro atoms. The molecule has 0 bridgehead atoms. The number of nitrogens with one attached hydrogen (secondary N) is 1. The molecule has 1 rings (SSSR count). The van der Waals surface area contributed by atoms with Gasteiger partial charge in [-0.05, 0) is 26.7 Å². The molecular formula is C11H19NO2S. The Balaban J connectivity index is 2.86. The minimum absolute atomic E-state index is 0.0845. The van der Waals surface area contributed by atoms with Gasteiger partial charge in [0.2, 0.25) is 5.91 Å². The third kappa shape index (κ3) is 2.36. The molecule has 86 valence electrons. The Bertz CT molecular complexity index is 286. The summed E-state index contributed by atoms with van der Waals surface area (Å²) in [4.78, 5) is 22.6. The van der Waals surface area contributed by atoms with Crippen molar-refractivity contribution in [3.63, 3.8) is 0 Å². The van der Waals surface area contributed by atoms with Crippen LogP contribution in [0.5, 0.6) is 0 Å². The van der Waals surface area contributed by atoms with Gasteiger partial charge in [-0.25, -0.2) is 0 Å². The zero-order valence-electron chi connectivity index (χ0n) is 9.85. The monoisotopic (exact) mass is 229 g/mol. The van der Waals surface area contributed by atoms with Crippen molar-refractivity contribution < 1.29 is 9.59 Å². The van der Waals surface area contributed by atoms with E-state index in [1.165, 1.54) is 0 Å². The van der Waals surface area contributed by atoms with Crippen molar-refractivity contribution >= 4 is 23.5 Å². The van der Waals surface area contributed by atoms with Crippen molar-refractivity contribution in [1.82, 2.24) is 5.32 Å². The van der Waals surface area contributed by atoms with Gasteiger partial charge in [-0.2, -0.15) is 0 Å². The molecule has 0 aromatic carbocycles. The maximum atomic E-state index is 11.9. The minimum atomic E-state index is -0.408. The molecule has 3 nitrogen and oxygen atoms in total. The van der Waals surface area contributed by atoms with Crippen LogP contribution in [0.2, 0.25) is 0 Å². The average molecular weight is 229 g/mol. The summed E-state index contributed by atoms with van der Waals surface area (Å²) in [6, 6.07) is 0. The van der Waals surface area contributed by atoms with Crippen molar-refractivity contribution in [3.05, 3.63) is 0 Å². The molecule has 0 aliphatic carbocycles. The van der Waals surface area contributed by atoms with Gasteiger partial charge in [0.05, 0.1) is 9.62 Å². The summed E-state index contributed by atoms with van der Waals surface area (Å²) in [7, 11) is 0. The predicted octanol–water partition coefficient (Wildman–Crippen LogP) is 2.10. The first-order valence-electron chi connectivity index (χ1n) is 5.39. The van der Waals surface area contributed by atoms with E-state index in [1.54, 1.807) is 18.7 Å². The van der Waals surface area contributed by atoms with Crippen molar-refractivity contribution in [1.29, 1.82) is 0 Å². The lowest BCUT2D eigenvalue weighted by Gasteiger charge is -2.25. The number of rotatable bonds is 4. The van der Waals surface area contributed by atoms with Gasteiger partial charge in [-0.1, -0.05) is 13.8 Å². The lowest BCUT2D eigenvalue weighted by Crippen LogP contribution is -2.40. The normalized spacial score (nSPS) is 28.9. The van der Waals surface area contributed by atoms with Gasteiger partial charge in [-0.3, -0.25) is 9.59 Å². The Kier molecular flexibility index (Phi) is 3.48. The summed E-state index contributed by atoms with van der Waals surface area (Å²) in [5.41, 5.74) is 0. The van der Waals surface area contributed by atoms with E-state index in [9.17, 15) is 9.59 Å². The van der Waals surface area contributed by atoms with Crippen LogP contribution in [-0.2, 0) is 9.59 Å². The van der Waals surface area contributed by atoms with Gasteiger partial charge in [-0.15, -0.1) is 11.8 Å². The van der Waals surface area contributed by atoms with E-state index >= 15 is 0 Å². The largest absolute Gasteiger partial charge is 0.340 e. The van der Waals surface area contributed by atoms with Gasteiger partial charge >= 0.3 is 0 Å². The molecule has 1 unspecified atom stereocenters. The number of hydrogen-bond donors (Lipinski definition) is 1. The predicted molar refractivity (Wildman–Crippen MR) is 62.7 cm³/mol. The lowest BCUT2D eigenvalue weighted by atomic mass is 10.0. The van der Waals surface area contributed by atoms with Crippen molar-refractivity contribution in [3.8, 4) is 0 Å². The number of ketones is 1. The second kappa shape index (κ2) is 4.16. The maximum absolute atomic E-state index is 11.9. The quantitative estimate of drug-likeness (QED) is 0.803. The van der Waals surface area contributed by atoms with Crippen LogP contribution in [0, 0.1) is 0 Å². The molecule has 1 atom stereocenters. The molecule has 1 N–H and O–H groups in total. The number of carbonyl (C=O) groups excluding carboxylic acids is 2. The summed E-state index contributed by atoms with van der Waals surface area (Å²) in [6.07, 6.45) is 2.03. The number of amides is 1. The van der Waals surface area contributed by atoms with Crippen molar-refractivity contribution in [2.75, 3.05) is 0 Å². The van der Waals surface area contributed by atoms with Gasteiger partial charge < -0.3 is 5.32 Å². The lowest BCUT2D eigenvalue weighted by molar-refractivity contribution is -0.123. The fourth-order valence-corrected chi connectivity index (χ4v) is 3.84. The third-order valence-corrected chi connectivity index (χ3v) is 4.79. The summed E-state index contributed by atoms with van der Waals surface area (Å²) >= 11 is 1.62. The van der Waals surface area contributed by atoms with Crippen LogP contribution in [-0.4, -0.2) is 21.3 Å². The molecule has 1 saturated heterocycles. The number of hydrogen-bond acceptors (Lipinski definition) is 3. The third-order valence-electron chi connectivity index (χ3n) is 2.94. The molecule has 1 heterocycles. The first-order valence-corrected chi connectivity index (χ1v) is 6.21. The Hall–Kier alpha value is -0.510. The first kappa shape index (κ1) is 12.6. The topological polar surface area (TPSA) is 46.2 Å². The second-order valence-electron chi connectivity index (χ2n) is 4.37. The van der Waals surface area contributed by atoms with Gasteiger partial charge in [0, 0.05) is 6.42 Å². The molecule has 1 aliphatic heterocycles. The van der Waals surface area contributed by atoms with E-state index in [4.69, 9.17) is 0 Å². The maximum Gasteiger partial charge on any atom is 0.237 e. The Morgan fingerprint density at radius 1 is 1.40 bits per heavy atom. The van der Waals surface area contributed by atoms with E-state index in [1.807, 2.05) is 20.8 Å². The highest BCUT2D eigenvalue weighted by molar-refractivity contribution is 8.03. The SMILES string of the molecule is CCC1(CC)SC(C)(CC(C)=O)NC1=O. The summed E-state index contributed by atoms with van der Waals surface area (Å²) in [5.74, 6) is 0.203. The molecular weight excluding hydrogens is 210 g/mol. The van der Waals surface area contributed by atoms with Crippen molar-refractivity contribution in [2.45, 2.75) is 56.6 Å². The molecule has 4 heteroatoms. The van der Waals surface area contributed by atoms with Crippen LogP contribution < -0.4 is 5.32 Å². The highest BCUT2D eigenvalue weighted by Gasteiger charge is 2.51. The van der Waals surface area contributed by atoms with E-state index < -0.39 is 4.87 Å². The zero-order chi connectivity index (χ0) is 11.7. The Morgan fingerprint density at radius 3 is 2.27 bits per heavy atom. The second-order valence-corrected chi connectivity index (χ2v) is 6.25. The minimum Gasteiger partial charge on any atom is -0.340 e. The van der Waals surface area contributed by atoms with E-state index in [0.717, 1.165) is 12.8 Å². The smallest absolute Gasteiger partial charge is 0.237 e. The van der Waals surface area contributed by atoms with Gasteiger partial charge in [0.1, 0.15) is 5.78 Å². The van der Waals surface area contributed by atoms with Gasteiger partial charge in [0.15, 0.2) is 0 Å².